The number of carbonyl (C=O) groups excluding carboxylic acids is 1. The van der Waals surface area contributed by atoms with Crippen molar-refractivity contribution in [1.29, 1.82) is 0 Å². The second-order valence-corrected chi connectivity index (χ2v) is 7.56. The molecule has 4 heterocycles. The molecule has 2 atom stereocenters. The van der Waals surface area contributed by atoms with Crippen LogP contribution in [0.5, 0.6) is 0 Å². The Morgan fingerprint density at radius 1 is 1.38 bits per heavy atom. The largest absolute Gasteiger partial charge is 0.379 e. The summed E-state index contributed by atoms with van der Waals surface area (Å²) in [7, 11) is 0. The number of nitrogens with zero attached hydrogens (tertiary/aromatic N) is 4. The molecule has 0 spiro atoms. The Labute approximate surface area is 146 Å². The first-order valence-corrected chi connectivity index (χ1v) is 9.63. The molecule has 4 rings (SSSR count). The van der Waals surface area contributed by atoms with Crippen molar-refractivity contribution in [2.75, 3.05) is 39.4 Å². The lowest BCUT2D eigenvalue weighted by molar-refractivity contribution is -0.129. The molecule has 6 nitrogen and oxygen atoms in total. The van der Waals surface area contributed by atoms with E-state index in [-0.39, 0.29) is 5.91 Å². The van der Waals surface area contributed by atoms with Crippen LogP contribution < -0.4 is 0 Å². The molecule has 0 aliphatic carbocycles. The maximum atomic E-state index is 12.7. The molecular formula is C17H24N4O2S. The second-order valence-electron chi connectivity index (χ2n) is 6.68. The van der Waals surface area contributed by atoms with Gasteiger partial charge in [0.25, 0.3) is 0 Å². The lowest BCUT2D eigenvalue weighted by Crippen LogP contribution is -2.47. The number of amides is 1. The van der Waals surface area contributed by atoms with Crippen molar-refractivity contribution >= 4 is 22.2 Å². The summed E-state index contributed by atoms with van der Waals surface area (Å²) < 4.78 is 7.46. The van der Waals surface area contributed by atoms with Crippen LogP contribution in [0.25, 0.3) is 4.96 Å². The maximum Gasteiger partial charge on any atom is 0.228 e. The molecule has 0 radical (unpaired) electrons. The van der Waals surface area contributed by atoms with Crippen molar-refractivity contribution in [3.8, 4) is 0 Å². The van der Waals surface area contributed by atoms with Crippen LogP contribution >= 0.6 is 11.3 Å². The van der Waals surface area contributed by atoms with Gasteiger partial charge in [0.2, 0.25) is 5.91 Å². The lowest BCUT2D eigenvalue weighted by atomic mass is 9.99. The summed E-state index contributed by atoms with van der Waals surface area (Å²) in [5.74, 6) is 0.771. The number of fused-ring (bicyclic) bond motifs is 1. The number of aromatic nitrogens is 2. The molecule has 7 heteroatoms. The van der Waals surface area contributed by atoms with E-state index in [1.54, 1.807) is 11.3 Å². The van der Waals surface area contributed by atoms with Crippen molar-refractivity contribution in [2.24, 2.45) is 5.92 Å². The van der Waals surface area contributed by atoms with Crippen molar-refractivity contribution in [3.63, 3.8) is 0 Å². The van der Waals surface area contributed by atoms with Gasteiger partial charge < -0.3 is 9.64 Å². The van der Waals surface area contributed by atoms with Gasteiger partial charge in [-0.05, 0) is 5.92 Å². The van der Waals surface area contributed by atoms with E-state index in [0.717, 1.165) is 56.5 Å². The fourth-order valence-electron chi connectivity index (χ4n) is 3.91. The van der Waals surface area contributed by atoms with Crippen LogP contribution in [0.2, 0.25) is 0 Å². The molecule has 2 aliphatic rings. The Balaban J connectivity index is 1.41. The summed E-state index contributed by atoms with van der Waals surface area (Å²) in [5, 5.41) is 2.01. The molecule has 130 valence electrons. The van der Waals surface area contributed by atoms with E-state index < -0.39 is 0 Å². The zero-order valence-electron chi connectivity index (χ0n) is 14.1. The third-order valence-electron chi connectivity index (χ3n) is 5.27. The van der Waals surface area contributed by atoms with Gasteiger partial charge in [0.1, 0.15) is 0 Å². The Kier molecular flexibility index (Phi) is 4.56. The van der Waals surface area contributed by atoms with Gasteiger partial charge in [0.05, 0.1) is 25.3 Å². The molecule has 2 fully saturated rings. The molecule has 2 aromatic heterocycles. The molecule has 2 aromatic rings. The van der Waals surface area contributed by atoms with Gasteiger partial charge in [-0.15, -0.1) is 11.3 Å². The van der Waals surface area contributed by atoms with Crippen LogP contribution in [0.3, 0.4) is 0 Å². The smallest absolute Gasteiger partial charge is 0.228 e. The summed E-state index contributed by atoms with van der Waals surface area (Å²) in [6.45, 7) is 7.55. The Morgan fingerprint density at radius 3 is 2.96 bits per heavy atom. The third-order valence-corrected chi connectivity index (χ3v) is 6.04. The minimum Gasteiger partial charge on any atom is -0.379 e. The van der Waals surface area contributed by atoms with Gasteiger partial charge in [-0.1, -0.05) is 13.3 Å². The number of morpholine rings is 1. The van der Waals surface area contributed by atoms with Gasteiger partial charge in [-0.2, -0.15) is 0 Å². The molecule has 2 aliphatic heterocycles. The average molecular weight is 348 g/mol. The minimum absolute atomic E-state index is 0.204. The molecule has 24 heavy (non-hydrogen) atoms. The first-order valence-electron chi connectivity index (χ1n) is 8.75. The van der Waals surface area contributed by atoms with Crippen molar-refractivity contribution in [1.82, 2.24) is 19.2 Å². The standard InChI is InChI=1S/C17H24N4O2S/c1-2-13-10-21(12-15(13)19-3-6-23-7-4-19)16(22)9-14-11-20-5-8-24-17(20)18-14/h5,8,11,13,15H,2-4,6-7,9-10,12H2,1H3/t13-,15-/m0/s1. The molecule has 0 unspecified atom stereocenters. The highest BCUT2D eigenvalue weighted by Gasteiger charge is 2.38. The number of likely N-dealkylation sites (tertiary alicyclic amines) is 1. The fourth-order valence-corrected chi connectivity index (χ4v) is 4.63. The number of thiazole rings is 1. The Bertz CT molecular complexity index is 678. The van der Waals surface area contributed by atoms with Crippen LogP contribution in [0.15, 0.2) is 17.8 Å². The zero-order chi connectivity index (χ0) is 16.5. The van der Waals surface area contributed by atoms with E-state index in [1.165, 1.54) is 0 Å². The molecule has 1 amide bonds. The molecule has 0 bridgehead atoms. The summed E-state index contributed by atoms with van der Waals surface area (Å²) in [5.41, 5.74) is 0.870. The van der Waals surface area contributed by atoms with Crippen LogP contribution in [0.4, 0.5) is 0 Å². The highest BCUT2D eigenvalue weighted by atomic mass is 32.1. The van der Waals surface area contributed by atoms with E-state index in [2.05, 4.69) is 16.8 Å². The van der Waals surface area contributed by atoms with E-state index in [4.69, 9.17) is 4.74 Å². The van der Waals surface area contributed by atoms with Crippen molar-refractivity contribution in [2.45, 2.75) is 25.8 Å². The summed E-state index contributed by atoms with van der Waals surface area (Å²) in [6.07, 6.45) is 5.47. The second kappa shape index (κ2) is 6.82. The van der Waals surface area contributed by atoms with Gasteiger partial charge in [-0.3, -0.25) is 14.1 Å². The average Bonchev–Trinajstić information content (AvgIpc) is 3.29. The van der Waals surface area contributed by atoms with Gasteiger partial charge in [0, 0.05) is 50.0 Å². The normalized spacial score (nSPS) is 25.6. The van der Waals surface area contributed by atoms with E-state index >= 15 is 0 Å². The Hall–Kier alpha value is -1.44. The maximum absolute atomic E-state index is 12.7. The van der Waals surface area contributed by atoms with Crippen LogP contribution in [-0.2, 0) is 16.0 Å². The number of rotatable bonds is 4. The monoisotopic (exact) mass is 348 g/mol. The predicted molar refractivity (Wildman–Crippen MR) is 93.3 cm³/mol. The molecule has 0 saturated carbocycles. The SMILES string of the molecule is CC[C@H]1CN(C(=O)Cc2cn3ccsc3n2)C[C@@H]1N1CCOCC1. The number of hydrogen-bond acceptors (Lipinski definition) is 5. The Morgan fingerprint density at radius 2 is 2.21 bits per heavy atom. The van der Waals surface area contributed by atoms with Crippen LogP contribution in [-0.4, -0.2) is 70.5 Å². The predicted octanol–water partition coefficient (Wildman–Crippen LogP) is 1.51. The highest BCUT2D eigenvalue weighted by Crippen LogP contribution is 2.26. The first-order chi connectivity index (χ1) is 11.7. The number of imidazole rings is 1. The van der Waals surface area contributed by atoms with Gasteiger partial charge in [-0.25, -0.2) is 4.98 Å². The third kappa shape index (κ3) is 3.08. The number of carbonyl (C=O) groups is 1. The lowest BCUT2D eigenvalue weighted by Gasteiger charge is -2.34. The summed E-state index contributed by atoms with van der Waals surface area (Å²) in [6, 6.07) is 0.480. The summed E-state index contributed by atoms with van der Waals surface area (Å²) in [4.78, 5) is 22.8. The quantitative estimate of drug-likeness (QED) is 0.840. The van der Waals surface area contributed by atoms with E-state index in [1.807, 2.05) is 27.1 Å². The van der Waals surface area contributed by atoms with E-state index in [0.29, 0.717) is 18.4 Å². The van der Waals surface area contributed by atoms with Gasteiger partial charge in [0.15, 0.2) is 4.96 Å². The number of hydrogen-bond donors (Lipinski definition) is 0. The zero-order valence-corrected chi connectivity index (χ0v) is 14.9. The van der Waals surface area contributed by atoms with Crippen molar-refractivity contribution in [3.05, 3.63) is 23.5 Å². The summed E-state index contributed by atoms with van der Waals surface area (Å²) >= 11 is 1.60. The van der Waals surface area contributed by atoms with E-state index in [9.17, 15) is 4.79 Å². The number of ether oxygens (including phenoxy) is 1. The topological polar surface area (TPSA) is 50.1 Å². The molecular weight excluding hydrogens is 324 g/mol. The van der Waals surface area contributed by atoms with Crippen LogP contribution in [0, 0.1) is 5.92 Å². The molecule has 0 N–H and O–H groups in total. The van der Waals surface area contributed by atoms with Crippen LogP contribution in [0.1, 0.15) is 19.0 Å². The highest BCUT2D eigenvalue weighted by molar-refractivity contribution is 7.15. The molecule has 2 saturated heterocycles. The van der Waals surface area contributed by atoms with Gasteiger partial charge >= 0.3 is 0 Å². The fraction of sp³-hybridized carbons (Fsp3) is 0.647. The van der Waals surface area contributed by atoms with Crippen molar-refractivity contribution < 1.29 is 9.53 Å². The minimum atomic E-state index is 0.204. The molecule has 0 aromatic carbocycles. The first kappa shape index (κ1) is 16.1.